The van der Waals surface area contributed by atoms with Crippen molar-refractivity contribution in [3.63, 3.8) is 0 Å². The first-order valence-corrected chi connectivity index (χ1v) is 16.1. The molecule has 0 radical (unpaired) electrons. The Bertz CT molecular complexity index is 1250. The molecule has 0 spiro atoms. The van der Waals surface area contributed by atoms with Gasteiger partial charge in [-0.2, -0.15) is 0 Å². The van der Waals surface area contributed by atoms with Crippen LogP contribution in [0.4, 0.5) is 4.39 Å². The van der Waals surface area contributed by atoms with Gasteiger partial charge in [0.2, 0.25) is 0 Å². The van der Waals surface area contributed by atoms with Crippen LogP contribution >= 0.6 is 0 Å². The second-order valence-corrected chi connectivity index (χ2v) is 9.51. The van der Waals surface area contributed by atoms with Gasteiger partial charge in [-0.25, -0.2) is 18.8 Å². The first-order chi connectivity index (χ1) is 23.8. The third-order valence-corrected chi connectivity index (χ3v) is 5.33. The lowest BCUT2D eigenvalue weighted by atomic mass is 10.1. The molecule has 268 valence electrons. The van der Waals surface area contributed by atoms with Gasteiger partial charge in [0.1, 0.15) is 13.2 Å². The molecule has 0 unspecified atom stereocenters. The number of allylic oxidation sites excluding steroid dienone is 1. The Morgan fingerprint density at radius 2 is 0.918 bits per heavy atom. The molecule has 0 aromatic rings. The molecule has 0 atom stereocenters. The quantitative estimate of drug-likeness (QED) is 0.0509. The Kier molecular flexibility index (Phi) is 42.9. The summed E-state index contributed by atoms with van der Waals surface area (Å²) in [7, 11) is 2.99. The Morgan fingerprint density at radius 1 is 0.531 bits per heavy atom. The van der Waals surface area contributed by atoms with Crippen LogP contribution in [0.5, 0.6) is 0 Å². The molecule has 0 saturated heterocycles. The van der Waals surface area contributed by atoms with Crippen LogP contribution < -0.4 is 0 Å². The molecular weight excluding hydrogens is 631 g/mol. The van der Waals surface area contributed by atoms with Crippen LogP contribution in [-0.2, 0) is 42.9 Å². The van der Waals surface area contributed by atoms with Crippen LogP contribution in [0.3, 0.4) is 0 Å². The van der Waals surface area contributed by atoms with E-state index in [9.17, 15) is 23.6 Å². The molecule has 0 N–H and O–H groups in total. The summed E-state index contributed by atoms with van der Waals surface area (Å²) in [5.41, 5.74) is 0. The zero-order chi connectivity index (χ0) is 37.1. The standard InChI is InChI=1S/C17H30O3.C12H5F.C10H16O6/c1-3-4-5-6-7-8-9-10-11-12-15-20-17(19)14-13-16(2)18;1-2-3-4-5-6-7-8-9-10-11-12-13;1-13-5-7-15-9(11)3-4-10(12)16-8-6-14-2/h13-14H,3-12,15H2,1-2H3;12H2,1H3;3-4H,5-8H2,1-2H3/b14-13+;;4-3+. The van der Waals surface area contributed by atoms with E-state index in [1.165, 1.54) is 84.7 Å². The number of esters is 3. The van der Waals surface area contributed by atoms with Gasteiger partial charge in [-0.15, -0.1) is 0 Å². The van der Waals surface area contributed by atoms with E-state index in [1.54, 1.807) is 6.92 Å². The molecule has 0 heterocycles. The third-order valence-electron chi connectivity index (χ3n) is 5.33. The number of unbranched alkanes of at least 4 members (excludes halogenated alkanes) is 9. The van der Waals surface area contributed by atoms with Gasteiger partial charge in [0, 0.05) is 32.4 Å². The van der Waals surface area contributed by atoms with Crippen molar-refractivity contribution < 1.29 is 47.3 Å². The molecule has 0 bridgehead atoms. The Hall–Kier alpha value is -4.79. The fraction of sp³-hybridized carbons (Fsp3) is 0.538. The Labute approximate surface area is 293 Å². The highest BCUT2D eigenvalue weighted by molar-refractivity contribution is 5.94. The van der Waals surface area contributed by atoms with Gasteiger partial charge >= 0.3 is 17.9 Å². The average molecular weight is 683 g/mol. The minimum absolute atomic E-state index is 0.138. The predicted molar refractivity (Wildman–Crippen MR) is 188 cm³/mol. The fourth-order valence-electron chi connectivity index (χ4n) is 3.01. The number of carbonyl (C=O) groups is 4. The number of ether oxygens (including phenoxy) is 5. The lowest BCUT2D eigenvalue weighted by molar-refractivity contribution is -0.141. The van der Waals surface area contributed by atoms with Gasteiger partial charge in [0.15, 0.2) is 12.5 Å². The van der Waals surface area contributed by atoms with Crippen LogP contribution in [0, 0.1) is 59.2 Å². The van der Waals surface area contributed by atoms with Crippen molar-refractivity contribution in [3.8, 4) is 59.2 Å². The molecular formula is C39H51FO9. The van der Waals surface area contributed by atoms with E-state index in [0.29, 0.717) is 19.8 Å². The summed E-state index contributed by atoms with van der Waals surface area (Å²) >= 11 is 0. The van der Waals surface area contributed by atoms with E-state index in [-0.39, 0.29) is 19.0 Å². The highest BCUT2D eigenvalue weighted by Crippen LogP contribution is 2.10. The molecule has 0 aliphatic heterocycles. The summed E-state index contributed by atoms with van der Waals surface area (Å²) in [6.45, 7) is 6.04. The monoisotopic (exact) mass is 682 g/mol. The fourth-order valence-corrected chi connectivity index (χ4v) is 3.01. The maximum absolute atomic E-state index is 11.4. The van der Waals surface area contributed by atoms with Gasteiger partial charge in [-0.05, 0) is 73.7 Å². The maximum Gasteiger partial charge on any atom is 0.331 e. The number of methoxy groups -OCH3 is 2. The van der Waals surface area contributed by atoms with Crippen LogP contribution in [-0.4, -0.2) is 77.6 Å². The predicted octanol–water partition coefficient (Wildman–Crippen LogP) is 5.51. The number of ketones is 1. The minimum Gasteiger partial charge on any atom is -0.463 e. The zero-order valence-electron chi connectivity index (χ0n) is 29.7. The highest BCUT2D eigenvalue weighted by atomic mass is 19.1. The van der Waals surface area contributed by atoms with Crippen molar-refractivity contribution in [1.29, 1.82) is 0 Å². The summed E-state index contributed by atoms with van der Waals surface area (Å²) in [5, 5.41) is 0. The molecule has 0 aliphatic carbocycles. The second-order valence-electron chi connectivity index (χ2n) is 9.51. The van der Waals surface area contributed by atoms with E-state index >= 15 is 0 Å². The van der Waals surface area contributed by atoms with Gasteiger partial charge in [-0.3, -0.25) is 4.79 Å². The number of halogens is 1. The van der Waals surface area contributed by atoms with Gasteiger partial charge in [0.05, 0.1) is 19.8 Å². The summed E-state index contributed by atoms with van der Waals surface area (Å²) in [6.07, 6.45) is 17.1. The van der Waals surface area contributed by atoms with E-state index in [1.807, 2.05) is 0 Å². The van der Waals surface area contributed by atoms with Crippen LogP contribution in [0.1, 0.15) is 85.0 Å². The van der Waals surface area contributed by atoms with Crippen molar-refractivity contribution in [2.45, 2.75) is 85.0 Å². The average Bonchev–Trinajstić information content (AvgIpc) is 3.09. The molecule has 0 amide bonds. The molecule has 49 heavy (non-hydrogen) atoms. The van der Waals surface area contributed by atoms with Crippen molar-refractivity contribution in [2.75, 3.05) is 53.9 Å². The Morgan fingerprint density at radius 3 is 1.33 bits per heavy atom. The van der Waals surface area contributed by atoms with Crippen LogP contribution in [0.25, 0.3) is 0 Å². The first-order valence-electron chi connectivity index (χ1n) is 16.1. The lowest BCUT2D eigenvalue weighted by Crippen LogP contribution is -2.09. The van der Waals surface area contributed by atoms with Crippen molar-refractivity contribution in [1.82, 2.24) is 0 Å². The minimum atomic E-state index is -0.687. The van der Waals surface area contributed by atoms with E-state index in [0.717, 1.165) is 25.0 Å². The SMILES string of the molecule is CC#CC#CC#CC#CC#CCF.CCCCCCCCCCCCOC(=O)/C=C/C(C)=O.COCCOC(=O)/C=C/C(=O)OCCOC. The molecule has 9 nitrogen and oxygen atoms in total. The summed E-state index contributed by atoms with van der Waals surface area (Å²) in [4.78, 5) is 43.7. The maximum atomic E-state index is 11.4. The molecule has 0 aromatic heterocycles. The van der Waals surface area contributed by atoms with Gasteiger partial charge in [0.25, 0.3) is 0 Å². The normalized spacial score (nSPS) is 9.02. The summed E-state index contributed by atoms with van der Waals surface area (Å²) in [6, 6.07) is 0. The summed E-state index contributed by atoms with van der Waals surface area (Å²) < 4.78 is 35.1. The van der Waals surface area contributed by atoms with E-state index < -0.39 is 24.6 Å². The van der Waals surface area contributed by atoms with E-state index in [4.69, 9.17) is 4.74 Å². The molecule has 0 saturated carbocycles. The zero-order valence-corrected chi connectivity index (χ0v) is 29.7. The highest BCUT2D eigenvalue weighted by Gasteiger charge is 2.00. The van der Waals surface area contributed by atoms with Crippen LogP contribution in [0.15, 0.2) is 24.3 Å². The Balaban J connectivity index is -0.000000664. The largest absolute Gasteiger partial charge is 0.463 e. The smallest absolute Gasteiger partial charge is 0.331 e. The number of hydrogen-bond acceptors (Lipinski definition) is 9. The molecule has 0 fully saturated rings. The van der Waals surface area contributed by atoms with Gasteiger partial charge < -0.3 is 23.7 Å². The number of carbonyl (C=O) groups excluding carboxylic acids is 4. The summed E-state index contributed by atoms with van der Waals surface area (Å²) in [5.74, 6) is 22.3. The molecule has 10 heteroatoms. The first kappa shape index (κ1) is 48.6. The van der Waals surface area contributed by atoms with Gasteiger partial charge in [-0.1, -0.05) is 76.6 Å². The molecule has 0 aliphatic rings. The van der Waals surface area contributed by atoms with Crippen LogP contribution in [0.2, 0.25) is 0 Å². The van der Waals surface area contributed by atoms with Crippen molar-refractivity contribution in [3.05, 3.63) is 24.3 Å². The lowest BCUT2D eigenvalue weighted by Gasteiger charge is -2.03. The number of alkyl halides is 1. The van der Waals surface area contributed by atoms with Crippen molar-refractivity contribution in [2.24, 2.45) is 0 Å². The topological polar surface area (TPSA) is 114 Å². The van der Waals surface area contributed by atoms with E-state index in [2.05, 4.69) is 85.1 Å². The number of rotatable bonds is 21. The third kappa shape index (κ3) is 50.3. The number of hydrogen-bond donors (Lipinski definition) is 0. The van der Waals surface area contributed by atoms with Crippen molar-refractivity contribution >= 4 is 23.7 Å². The molecule has 0 rings (SSSR count). The second kappa shape index (κ2) is 43.2. The molecule has 0 aromatic carbocycles.